The normalized spacial score (nSPS) is 19.1. The monoisotopic (exact) mass is 332 g/mol. The second kappa shape index (κ2) is 5.89. The van der Waals surface area contributed by atoms with Gasteiger partial charge in [0, 0.05) is 41.6 Å². The Morgan fingerprint density at radius 1 is 1.20 bits per heavy atom. The number of hydrogen-bond donors (Lipinski definition) is 1. The summed E-state index contributed by atoms with van der Waals surface area (Å²) in [5, 5.41) is 0. The second-order valence-electron chi connectivity index (χ2n) is 5.13. The van der Waals surface area contributed by atoms with E-state index in [1.807, 2.05) is 24.5 Å². The maximum atomic E-state index is 6.00. The van der Waals surface area contributed by atoms with Crippen LogP contribution >= 0.6 is 15.9 Å². The Balaban J connectivity index is 1.80. The lowest BCUT2D eigenvalue weighted by atomic mass is 10.1. The minimum Gasteiger partial charge on any atom is -0.339 e. The molecule has 104 valence electrons. The summed E-state index contributed by atoms with van der Waals surface area (Å²) in [5.41, 5.74) is 8.13. The fourth-order valence-electron chi connectivity index (χ4n) is 2.49. The quantitative estimate of drug-likeness (QED) is 0.918. The molecule has 0 amide bonds. The smallest absolute Gasteiger partial charge is 0.225 e. The van der Waals surface area contributed by atoms with E-state index >= 15 is 0 Å². The Kier molecular flexibility index (Phi) is 3.98. The number of aromatic nitrogens is 2. The highest BCUT2D eigenvalue weighted by molar-refractivity contribution is 9.10. The summed E-state index contributed by atoms with van der Waals surface area (Å²) in [6.45, 7) is 1.83. The predicted octanol–water partition coefficient (Wildman–Crippen LogP) is 2.83. The number of anilines is 1. The van der Waals surface area contributed by atoms with Gasteiger partial charge in [0.2, 0.25) is 5.95 Å². The Hall–Kier alpha value is -1.46. The minimum absolute atomic E-state index is 0.233. The van der Waals surface area contributed by atoms with Crippen molar-refractivity contribution < 1.29 is 0 Å². The molecule has 2 N–H and O–H groups in total. The first-order valence-electron chi connectivity index (χ1n) is 6.81. The first-order chi connectivity index (χ1) is 9.72. The molecule has 2 aromatic rings. The van der Waals surface area contributed by atoms with Crippen molar-refractivity contribution in [2.75, 3.05) is 18.0 Å². The Labute approximate surface area is 127 Å². The maximum absolute atomic E-state index is 6.00. The van der Waals surface area contributed by atoms with E-state index in [1.165, 1.54) is 0 Å². The molecular formula is C15H17BrN4. The van der Waals surface area contributed by atoms with Crippen molar-refractivity contribution in [2.45, 2.75) is 18.9 Å². The molecule has 0 radical (unpaired) electrons. The molecule has 0 bridgehead atoms. The van der Waals surface area contributed by atoms with Gasteiger partial charge in [0.1, 0.15) is 0 Å². The van der Waals surface area contributed by atoms with Crippen LogP contribution in [0.4, 0.5) is 5.95 Å². The predicted molar refractivity (Wildman–Crippen MR) is 84.6 cm³/mol. The summed E-state index contributed by atoms with van der Waals surface area (Å²) >= 11 is 3.48. The summed E-state index contributed by atoms with van der Waals surface area (Å²) < 4.78 is 1.06. The van der Waals surface area contributed by atoms with E-state index < -0.39 is 0 Å². The number of hydrogen-bond acceptors (Lipinski definition) is 4. The van der Waals surface area contributed by atoms with Crippen LogP contribution in [0.5, 0.6) is 0 Å². The Bertz CT molecular complexity index is 585. The van der Waals surface area contributed by atoms with Crippen LogP contribution in [0.1, 0.15) is 12.8 Å². The van der Waals surface area contributed by atoms with Gasteiger partial charge in [0.15, 0.2) is 0 Å². The van der Waals surface area contributed by atoms with Crippen LogP contribution in [0.25, 0.3) is 11.1 Å². The fourth-order valence-corrected chi connectivity index (χ4v) is 2.89. The summed E-state index contributed by atoms with van der Waals surface area (Å²) in [5.74, 6) is 0.777. The van der Waals surface area contributed by atoms with Gasteiger partial charge in [-0.05, 0) is 30.5 Å². The van der Waals surface area contributed by atoms with E-state index in [-0.39, 0.29) is 6.04 Å². The van der Waals surface area contributed by atoms with Crippen LogP contribution in [0.2, 0.25) is 0 Å². The van der Waals surface area contributed by atoms with E-state index in [0.29, 0.717) is 0 Å². The largest absolute Gasteiger partial charge is 0.339 e. The van der Waals surface area contributed by atoms with Gasteiger partial charge in [-0.3, -0.25) is 0 Å². The standard InChI is InChI=1S/C15H17BrN4/c16-13-4-1-3-11(7-13)12-8-18-15(19-9-12)20-6-2-5-14(17)10-20/h1,3-4,7-9,14H,2,5-6,10,17H2. The van der Waals surface area contributed by atoms with Gasteiger partial charge in [0.25, 0.3) is 0 Å². The molecule has 4 nitrogen and oxygen atoms in total. The third-order valence-corrected chi connectivity index (χ3v) is 4.03. The lowest BCUT2D eigenvalue weighted by Gasteiger charge is -2.30. The average Bonchev–Trinajstić information content (AvgIpc) is 2.47. The summed E-state index contributed by atoms with van der Waals surface area (Å²) in [6, 6.07) is 8.37. The first-order valence-corrected chi connectivity index (χ1v) is 7.60. The van der Waals surface area contributed by atoms with Crippen molar-refractivity contribution in [3.63, 3.8) is 0 Å². The number of halogens is 1. The van der Waals surface area contributed by atoms with E-state index in [1.54, 1.807) is 0 Å². The first kappa shape index (κ1) is 13.5. The van der Waals surface area contributed by atoms with Crippen LogP contribution in [0, 0.1) is 0 Å². The molecule has 5 heteroatoms. The van der Waals surface area contributed by atoms with Crippen LogP contribution < -0.4 is 10.6 Å². The van der Waals surface area contributed by atoms with E-state index in [9.17, 15) is 0 Å². The average molecular weight is 333 g/mol. The van der Waals surface area contributed by atoms with Crippen molar-refractivity contribution >= 4 is 21.9 Å². The van der Waals surface area contributed by atoms with E-state index in [0.717, 1.165) is 47.5 Å². The van der Waals surface area contributed by atoms with Gasteiger partial charge in [-0.1, -0.05) is 28.1 Å². The van der Waals surface area contributed by atoms with Crippen molar-refractivity contribution in [3.05, 3.63) is 41.1 Å². The van der Waals surface area contributed by atoms with Gasteiger partial charge in [-0.2, -0.15) is 0 Å². The molecule has 2 heterocycles. The lowest BCUT2D eigenvalue weighted by molar-refractivity contribution is 0.500. The van der Waals surface area contributed by atoms with Gasteiger partial charge in [-0.25, -0.2) is 9.97 Å². The van der Waals surface area contributed by atoms with Crippen LogP contribution in [-0.4, -0.2) is 29.1 Å². The van der Waals surface area contributed by atoms with Crippen molar-refractivity contribution in [3.8, 4) is 11.1 Å². The molecule has 1 atom stereocenters. The molecule has 1 aliphatic rings. The van der Waals surface area contributed by atoms with Gasteiger partial charge in [-0.15, -0.1) is 0 Å². The second-order valence-corrected chi connectivity index (χ2v) is 6.05. The molecule has 0 saturated carbocycles. The summed E-state index contributed by atoms with van der Waals surface area (Å²) in [4.78, 5) is 11.1. The molecule has 1 unspecified atom stereocenters. The van der Waals surface area contributed by atoms with E-state index in [2.05, 4.69) is 42.9 Å². The van der Waals surface area contributed by atoms with Gasteiger partial charge in [0.05, 0.1) is 0 Å². The zero-order valence-electron chi connectivity index (χ0n) is 11.2. The zero-order chi connectivity index (χ0) is 13.9. The molecule has 1 aliphatic heterocycles. The highest BCUT2D eigenvalue weighted by Gasteiger charge is 2.18. The molecule has 1 aromatic heterocycles. The lowest BCUT2D eigenvalue weighted by Crippen LogP contribution is -2.43. The SMILES string of the molecule is NC1CCCN(c2ncc(-c3cccc(Br)c3)cn2)C1. The third-order valence-electron chi connectivity index (χ3n) is 3.54. The Morgan fingerprint density at radius 2 is 2.00 bits per heavy atom. The fraction of sp³-hybridized carbons (Fsp3) is 0.333. The van der Waals surface area contributed by atoms with Crippen LogP contribution in [-0.2, 0) is 0 Å². The molecule has 0 aliphatic carbocycles. The van der Waals surface area contributed by atoms with Gasteiger partial charge >= 0.3 is 0 Å². The summed E-state index contributed by atoms with van der Waals surface area (Å²) in [7, 11) is 0. The molecule has 1 aromatic carbocycles. The minimum atomic E-state index is 0.233. The molecule has 3 rings (SSSR count). The maximum Gasteiger partial charge on any atom is 0.225 e. The highest BCUT2D eigenvalue weighted by Crippen LogP contribution is 2.23. The van der Waals surface area contributed by atoms with Crippen LogP contribution in [0.15, 0.2) is 41.1 Å². The number of rotatable bonds is 2. The molecule has 1 fully saturated rings. The molecule has 20 heavy (non-hydrogen) atoms. The van der Waals surface area contributed by atoms with Gasteiger partial charge < -0.3 is 10.6 Å². The van der Waals surface area contributed by atoms with Crippen molar-refractivity contribution in [1.82, 2.24) is 9.97 Å². The molecule has 0 spiro atoms. The Morgan fingerprint density at radius 3 is 2.70 bits per heavy atom. The molecule has 1 saturated heterocycles. The topological polar surface area (TPSA) is 55.0 Å². The summed E-state index contributed by atoms with van der Waals surface area (Å²) in [6.07, 6.45) is 5.96. The zero-order valence-corrected chi connectivity index (χ0v) is 12.8. The van der Waals surface area contributed by atoms with Crippen molar-refractivity contribution in [1.29, 1.82) is 0 Å². The number of nitrogens with two attached hydrogens (primary N) is 1. The number of benzene rings is 1. The molecular weight excluding hydrogens is 316 g/mol. The van der Waals surface area contributed by atoms with Crippen molar-refractivity contribution in [2.24, 2.45) is 5.73 Å². The van der Waals surface area contributed by atoms with Crippen LogP contribution in [0.3, 0.4) is 0 Å². The number of nitrogens with zero attached hydrogens (tertiary/aromatic N) is 3. The number of piperidine rings is 1. The highest BCUT2D eigenvalue weighted by atomic mass is 79.9. The van der Waals surface area contributed by atoms with E-state index in [4.69, 9.17) is 5.73 Å². The third kappa shape index (κ3) is 2.99.